The number of rotatable bonds is 5. The van der Waals surface area contributed by atoms with Crippen molar-refractivity contribution >= 4 is 5.97 Å². The maximum atomic E-state index is 11.8. The number of esters is 1. The van der Waals surface area contributed by atoms with Crippen molar-refractivity contribution in [2.24, 2.45) is 5.73 Å². The summed E-state index contributed by atoms with van der Waals surface area (Å²) in [7, 11) is 0. The van der Waals surface area contributed by atoms with Crippen molar-refractivity contribution in [3.63, 3.8) is 0 Å². The van der Waals surface area contributed by atoms with Gasteiger partial charge in [0.15, 0.2) is 0 Å². The SMILES string of the molecule is C[C@H](N)C(=O)O[C@@H](C)C(c1ccccc1)c1ccccc1. The smallest absolute Gasteiger partial charge is 0.322 e. The van der Waals surface area contributed by atoms with E-state index in [1.807, 2.05) is 67.6 Å². The largest absolute Gasteiger partial charge is 0.461 e. The van der Waals surface area contributed by atoms with Crippen LogP contribution in [-0.4, -0.2) is 18.1 Å². The standard InChI is InChI=1S/C18H21NO2/c1-13(19)18(20)21-14(2)17(15-9-5-3-6-10-15)16-11-7-4-8-12-16/h3-14,17H,19H2,1-2H3/t13-,14-/m0/s1. The minimum absolute atomic E-state index is 0.00454. The molecule has 2 atom stereocenters. The Morgan fingerprint density at radius 3 is 1.71 bits per heavy atom. The van der Waals surface area contributed by atoms with E-state index in [1.165, 1.54) is 0 Å². The molecule has 0 aromatic heterocycles. The molecule has 21 heavy (non-hydrogen) atoms. The van der Waals surface area contributed by atoms with Crippen LogP contribution >= 0.6 is 0 Å². The summed E-state index contributed by atoms with van der Waals surface area (Å²) in [6.07, 6.45) is -0.284. The minimum atomic E-state index is -0.611. The Bertz CT molecular complexity index is 527. The quantitative estimate of drug-likeness (QED) is 0.858. The molecule has 0 spiro atoms. The Balaban J connectivity index is 2.31. The van der Waals surface area contributed by atoms with Crippen molar-refractivity contribution in [2.45, 2.75) is 31.9 Å². The van der Waals surface area contributed by atoms with Crippen molar-refractivity contribution in [1.29, 1.82) is 0 Å². The van der Waals surface area contributed by atoms with Crippen LogP contribution in [0.1, 0.15) is 30.9 Å². The first-order chi connectivity index (χ1) is 10.1. The number of carbonyl (C=O) groups is 1. The van der Waals surface area contributed by atoms with E-state index < -0.39 is 6.04 Å². The zero-order valence-electron chi connectivity index (χ0n) is 12.4. The summed E-state index contributed by atoms with van der Waals surface area (Å²) in [6.45, 7) is 3.54. The average molecular weight is 283 g/mol. The van der Waals surface area contributed by atoms with E-state index in [0.717, 1.165) is 11.1 Å². The predicted octanol–water partition coefficient (Wildman–Crippen LogP) is 3.10. The van der Waals surface area contributed by atoms with Crippen molar-refractivity contribution in [3.05, 3.63) is 71.8 Å². The third-order valence-corrected chi connectivity index (χ3v) is 3.46. The molecule has 0 saturated heterocycles. The second kappa shape index (κ2) is 7.04. The van der Waals surface area contributed by atoms with E-state index in [4.69, 9.17) is 10.5 Å². The molecule has 0 bridgehead atoms. The Labute approximate surface area is 125 Å². The lowest BCUT2D eigenvalue weighted by Crippen LogP contribution is -2.33. The molecule has 0 saturated carbocycles. The lowest BCUT2D eigenvalue weighted by Gasteiger charge is -2.25. The van der Waals surface area contributed by atoms with Crippen molar-refractivity contribution in [2.75, 3.05) is 0 Å². The molecule has 3 nitrogen and oxygen atoms in total. The minimum Gasteiger partial charge on any atom is -0.461 e. The van der Waals surface area contributed by atoms with Gasteiger partial charge in [-0.05, 0) is 25.0 Å². The highest BCUT2D eigenvalue weighted by Crippen LogP contribution is 2.29. The van der Waals surface area contributed by atoms with E-state index in [9.17, 15) is 4.79 Å². The van der Waals surface area contributed by atoms with Gasteiger partial charge in [-0.25, -0.2) is 0 Å². The Kier molecular flexibility index (Phi) is 5.12. The van der Waals surface area contributed by atoms with Gasteiger partial charge in [0.25, 0.3) is 0 Å². The van der Waals surface area contributed by atoms with Crippen LogP contribution in [-0.2, 0) is 9.53 Å². The number of nitrogens with two attached hydrogens (primary N) is 1. The highest BCUT2D eigenvalue weighted by atomic mass is 16.5. The molecule has 0 radical (unpaired) electrons. The van der Waals surface area contributed by atoms with Crippen LogP contribution in [0.5, 0.6) is 0 Å². The van der Waals surface area contributed by atoms with E-state index in [0.29, 0.717) is 0 Å². The monoisotopic (exact) mass is 283 g/mol. The third kappa shape index (κ3) is 3.92. The number of ether oxygens (including phenoxy) is 1. The summed E-state index contributed by atoms with van der Waals surface area (Å²) in [5.74, 6) is -0.380. The molecule has 0 fully saturated rings. The first-order valence-electron chi connectivity index (χ1n) is 7.15. The molecule has 0 aliphatic carbocycles. The highest BCUT2D eigenvalue weighted by Gasteiger charge is 2.25. The molecule has 0 aliphatic heterocycles. The molecule has 2 rings (SSSR count). The zero-order valence-corrected chi connectivity index (χ0v) is 12.4. The van der Waals surface area contributed by atoms with Crippen LogP contribution in [0.25, 0.3) is 0 Å². The molecule has 0 aliphatic rings. The summed E-state index contributed by atoms with van der Waals surface area (Å²) in [5.41, 5.74) is 7.83. The predicted molar refractivity (Wildman–Crippen MR) is 83.9 cm³/mol. The van der Waals surface area contributed by atoms with Gasteiger partial charge in [0.05, 0.1) is 0 Å². The second-order valence-electron chi connectivity index (χ2n) is 5.23. The summed E-state index contributed by atoms with van der Waals surface area (Å²) in [5, 5.41) is 0. The summed E-state index contributed by atoms with van der Waals surface area (Å²) >= 11 is 0. The van der Waals surface area contributed by atoms with Crippen LogP contribution < -0.4 is 5.73 Å². The molecule has 3 heteroatoms. The molecular formula is C18H21NO2. The van der Waals surface area contributed by atoms with Gasteiger partial charge >= 0.3 is 5.97 Å². The fraction of sp³-hybridized carbons (Fsp3) is 0.278. The molecule has 2 aromatic rings. The number of carbonyl (C=O) groups excluding carboxylic acids is 1. The van der Waals surface area contributed by atoms with Gasteiger partial charge in [-0.15, -0.1) is 0 Å². The normalized spacial score (nSPS) is 13.7. The maximum Gasteiger partial charge on any atom is 0.322 e. The van der Waals surface area contributed by atoms with Crippen LogP contribution in [0.15, 0.2) is 60.7 Å². The fourth-order valence-corrected chi connectivity index (χ4v) is 2.41. The summed E-state index contributed by atoms with van der Waals surface area (Å²) in [6, 6.07) is 19.5. The molecule has 2 N–H and O–H groups in total. The number of benzene rings is 2. The summed E-state index contributed by atoms with van der Waals surface area (Å²) < 4.78 is 5.52. The Morgan fingerprint density at radius 2 is 1.33 bits per heavy atom. The maximum absolute atomic E-state index is 11.8. The molecule has 2 aromatic carbocycles. The first-order valence-corrected chi connectivity index (χ1v) is 7.15. The lowest BCUT2D eigenvalue weighted by molar-refractivity contribution is -0.149. The first kappa shape index (κ1) is 15.3. The average Bonchev–Trinajstić information content (AvgIpc) is 2.49. The molecular weight excluding hydrogens is 262 g/mol. The fourth-order valence-electron chi connectivity index (χ4n) is 2.41. The summed E-state index contributed by atoms with van der Waals surface area (Å²) in [4.78, 5) is 11.8. The Morgan fingerprint density at radius 1 is 0.905 bits per heavy atom. The van der Waals surface area contributed by atoms with E-state index in [1.54, 1.807) is 6.92 Å². The van der Waals surface area contributed by atoms with Gasteiger partial charge in [0.1, 0.15) is 12.1 Å². The van der Waals surface area contributed by atoms with Gasteiger partial charge in [0, 0.05) is 5.92 Å². The van der Waals surface area contributed by atoms with Crippen molar-refractivity contribution < 1.29 is 9.53 Å². The van der Waals surface area contributed by atoms with Gasteiger partial charge in [0.2, 0.25) is 0 Å². The third-order valence-electron chi connectivity index (χ3n) is 3.46. The molecule has 0 heterocycles. The van der Waals surface area contributed by atoms with Gasteiger partial charge < -0.3 is 10.5 Å². The number of hydrogen-bond acceptors (Lipinski definition) is 3. The number of hydrogen-bond donors (Lipinski definition) is 1. The molecule has 110 valence electrons. The lowest BCUT2D eigenvalue weighted by atomic mass is 9.87. The topological polar surface area (TPSA) is 52.3 Å². The van der Waals surface area contributed by atoms with Crippen LogP contribution in [0, 0.1) is 0 Å². The van der Waals surface area contributed by atoms with E-state index in [-0.39, 0.29) is 18.0 Å². The van der Waals surface area contributed by atoms with Gasteiger partial charge in [-0.1, -0.05) is 60.7 Å². The molecule has 0 amide bonds. The van der Waals surface area contributed by atoms with E-state index >= 15 is 0 Å². The highest BCUT2D eigenvalue weighted by molar-refractivity contribution is 5.75. The van der Waals surface area contributed by atoms with Crippen molar-refractivity contribution in [3.8, 4) is 0 Å². The van der Waals surface area contributed by atoms with Crippen LogP contribution in [0.2, 0.25) is 0 Å². The molecule has 0 unspecified atom stereocenters. The Hall–Kier alpha value is -2.13. The van der Waals surface area contributed by atoms with Crippen LogP contribution in [0.4, 0.5) is 0 Å². The van der Waals surface area contributed by atoms with E-state index in [2.05, 4.69) is 0 Å². The van der Waals surface area contributed by atoms with Crippen LogP contribution in [0.3, 0.4) is 0 Å². The van der Waals surface area contributed by atoms with Crippen molar-refractivity contribution in [1.82, 2.24) is 0 Å². The van der Waals surface area contributed by atoms with Gasteiger partial charge in [-0.3, -0.25) is 4.79 Å². The second-order valence-corrected chi connectivity index (χ2v) is 5.23. The zero-order chi connectivity index (χ0) is 15.2. The van der Waals surface area contributed by atoms with Gasteiger partial charge in [-0.2, -0.15) is 0 Å².